The Labute approximate surface area is 427 Å². The smallest absolute Gasteiger partial charge is 0.306 e. The minimum atomic E-state index is -1.62. The van der Waals surface area contributed by atoms with E-state index < -0.39 is 24.3 Å². The van der Waals surface area contributed by atoms with Gasteiger partial charge < -0.3 is 33.3 Å². The summed E-state index contributed by atoms with van der Waals surface area (Å²) in [6.45, 7) is 4.73. The molecule has 0 aliphatic heterocycles. The number of nitrogens with zero attached hydrogens (tertiary/aromatic N) is 1. The Morgan fingerprint density at radius 1 is 0.420 bits per heavy atom. The van der Waals surface area contributed by atoms with Crippen molar-refractivity contribution in [3.63, 3.8) is 0 Å². The van der Waals surface area contributed by atoms with Crippen molar-refractivity contribution < 1.29 is 42.9 Å². The molecule has 0 aromatic carbocycles. The Hall–Kier alpha value is -2.23. The number of rotatable bonds is 55. The first-order chi connectivity index (χ1) is 33.6. The number of unbranched alkanes of at least 4 members (excludes halogenated alkanes) is 36. The van der Waals surface area contributed by atoms with Gasteiger partial charge in [-0.1, -0.05) is 237 Å². The highest BCUT2D eigenvalue weighted by molar-refractivity contribution is 5.70. The molecule has 0 rings (SSSR count). The average molecular weight is 977 g/mol. The first-order valence-corrected chi connectivity index (χ1v) is 29.5. The third kappa shape index (κ3) is 53.4. The molecular formula is C60H113NO8. The summed E-state index contributed by atoms with van der Waals surface area (Å²) in [6.07, 6.45) is 58.3. The lowest BCUT2D eigenvalue weighted by atomic mass is 10.0. The van der Waals surface area contributed by atoms with E-state index in [9.17, 15) is 19.5 Å². The van der Waals surface area contributed by atoms with Gasteiger partial charge in [0.1, 0.15) is 13.2 Å². The number of carboxylic acids is 1. The molecule has 0 aliphatic carbocycles. The van der Waals surface area contributed by atoms with E-state index in [1.165, 1.54) is 193 Å². The highest BCUT2D eigenvalue weighted by Gasteiger charge is 2.22. The Kier molecular flexibility index (Phi) is 50.4. The van der Waals surface area contributed by atoms with Gasteiger partial charge in [0.25, 0.3) is 0 Å². The van der Waals surface area contributed by atoms with E-state index in [1.54, 1.807) is 0 Å². The number of carbonyl (C=O) groups is 3. The van der Waals surface area contributed by atoms with Gasteiger partial charge in [0.15, 0.2) is 12.4 Å². The summed E-state index contributed by atoms with van der Waals surface area (Å²) in [6, 6.07) is 0. The van der Waals surface area contributed by atoms with Crippen LogP contribution in [0.1, 0.15) is 284 Å². The van der Waals surface area contributed by atoms with Crippen molar-refractivity contribution in [2.75, 3.05) is 47.5 Å². The van der Waals surface area contributed by atoms with Crippen LogP contribution in [0.3, 0.4) is 0 Å². The lowest BCUT2D eigenvalue weighted by Crippen LogP contribution is -2.44. The van der Waals surface area contributed by atoms with E-state index in [-0.39, 0.29) is 38.6 Å². The first kappa shape index (κ1) is 66.8. The van der Waals surface area contributed by atoms with Gasteiger partial charge in [-0.05, 0) is 57.8 Å². The number of likely N-dealkylation sites (N-methyl/N-ethyl adjacent to an activating group) is 1. The summed E-state index contributed by atoms with van der Waals surface area (Å²) in [5.41, 5.74) is 0. The van der Waals surface area contributed by atoms with Crippen LogP contribution in [-0.4, -0.2) is 82.3 Å². The molecule has 2 unspecified atom stereocenters. The van der Waals surface area contributed by atoms with Gasteiger partial charge in [-0.3, -0.25) is 9.59 Å². The van der Waals surface area contributed by atoms with E-state index in [1.807, 2.05) is 21.1 Å². The molecule has 406 valence electrons. The molecule has 0 fully saturated rings. The molecule has 0 N–H and O–H groups in total. The van der Waals surface area contributed by atoms with Crippen LogP contribution in [0, 0.1) is 0 Å². The Bertz CT molecular complexity index is 1180. The van der Waals surface area contributed by atoms with Crippen LogP contribution in [-0.2, 0) is 33.3 Å². The number of aliphatic carboxylic acids is 1. The molecule has 0 bridgehead atoms. The van der Waals surface area contributed by atoms with Gasteiger partial charge in [-0.2, -0.15) is 0 Å². The highest BCUT2D eigenvalue weighted by atomic mass is 16.7. The van der Waals surface area contributed by atoms with E-state index in [0.29, 0.717) is 11.0 Å². The van der Waals surface area contributed by atoms with Crippen molar-refractivity contribution in [2.45, 2.75) is 296 Å². The van der Waals surface area contributed by atoms with Crippen LogP contribution in [0.4, 0.5) is 0 Å². The summed E-state index contributed by atoms with van der Waals surface area (Å²) in [7, 11) is 5.92. The van der Waals surface area contributed by atoms with Gasteiger partial charge in [0.2, 0.25) is 0 Å². The third-order valence-corrected chi connectivity index (χ3v) is 13.2. The van der Waals surface area contributed by atoms with Gasteiger partial charge in [-0.25, -0.2) is 0 Å². The lowest BCUT2D eigenvalue weighted by molar-refractivity contribution is -0.870. The van der Waals surface area contributed by atoms with Gasteiger partial charge in [0, 0.05) is 12.8 Å². The van der Waals surface area contributed by atoms with Crippen LogP contribution < -0.4 is 5.11 Å². The molecule has 0 saturated carbocycles. The molecule has 9 nitrogen and oxygen atoms in total. The van der Waals surface area contributed by atoms with Crippen LogP contribution in [0.25, 0.3) is 0 Å². The fourth-order valence-corrected chi connectivity index (χ4v) is 8.57. The summed E-state index contributed by atoms with van der Waals surface area (Å²) < 4.78 is 22.6. The van der Waals surface area contributed by atoms with Crippen LogP contribution in [0.2, 0.25) is 0 Å². The van der Waals surface area contributed by atoms with Crippen LogP contribution >= 0.6 is 0 Å². The Balaban J connectivity index is 4.00. The number of hydrogen-bond acceptors (Lipinski definition) is 8. The maximum Gasteiger partial charge on any atom is 0.306 e. The average Bonchev–Trinajstić information content (AvgIpc) is 3.31. The molecule has 0 radical (unpaired) electrons. The number of ether oxygens (including phenoxy) is 4. The summed E-state index contributed by atoms with van der Waals surface area (Å²) in [4.78, 5) is 37.1. The molecule has 0 aromatic heterocycles. The summed E-state index contributed by atoms with van der Waals surface area (Å²) in [5, 5.41) is 11.7. The number of esters is 2. The minimum Gasteiger partial charge on any atom is -0.545 e. The SMILES string of the molecule is CCCC/C=C\CCCCCCCC(=O)OCC(COC(OCC[N+](C)(C)C)C(=O)[O-])OC(=O)CCCCCCCCCCCCCCCCCCCCCCC/C=C\CCCCCCCCCC. The summed E-state index contributed by atoms with van der Waals surface area (Å²) in [5.74, 6) is -2.28. The van der Waals surface area contributed by atoms with Gasteiger partial charge in [0.05, 0.1) is 40.3 Å². The maximum atomic E-state index is 12.8. The zero-order valence-electron chi connectivity index (χ0n) is 46.2. The number of allylic oxidation sites excluding steroid dienone is 4. The minimum absolute atomic E-state index is 0.149. The maximum absolute atomic E-state index is 12.8. The number of carboxylic acid groups (broad SMARTS) is 1. The normalized spacial score (nSPS) is 12.9. The van der Waals surface area contributed by atoms with Crippen molar-refractivity contribution in [3.05, 3.63) is 24.3 Å². The molecule has 9 heteroatoms. The van der Waals surface area contributed by atoms with E-state index in [0.717, 1.165) is 64.2 Å². The van der Waals surface area contributed by atoms with Gasteiger partial charge in [-0.15, -0.1) is 0 Å². The summed E-state index contributed by atoms with van der Waals surface area (Å²) >= 11 is 0. The van der Waals surface area contributed by atoms with Crippen molar-refractivity contribution >= 4 is 17.9 Å². The zero-order chi connectivity index (χ0) is 50.6. The van der Waals surface area contributed by atoms with Crippen molar-refractivity contribution in [3.8, 4) is 0 Å². The number of carbonyl (C=O) groups excluding carboxylic acids is 3. The largest absolute Gasteiger partial charge is 0.545 e. The number of hydrogen-bond donors (Lipinski definition) is 0. The predicted octanol–water partition coefficient (Wildman–Crippen LogP) is 15.8. The monoisotopic (exact) mass is 976 g/mol. The molecule has 2 atom stereocenters. The lowest BCUT2D eigenvalue weighted by Gasteiger charge is -2.26. The molecular weight excluding hydrogens is 863 g/mol. The molecule has 0 heterocycles. The van der Waals surface area contributed by atoms with Crippen LogP contribution in [0.5, 0.6) is 0 Å². The fourth-order valence-electron chi connectivity index (χ4n) is 8.57. The second-order valence-corrected chi connectivity index (χ2v) is 21.3. The molecule has 0 aliphatic rings. The highest BCUT2D eigenvalue weighted by Crippen LogP contribution is 2.17. The standard InChI is InChI=1S/C60H113NO8/c1-6-8-10-12-14-16-18-19-20-21-22-23-24-25-26-27-28-29-30-31-32-33-34-35-36-37-38-39-41-43-45-47-49-51-58(63)69-56(55-68-60(59(64)65)66-53-52-61(3,4)5)54-67-57(62)50-48-46-44-42-40-17-15-13-11-9-7-2/h13,15,21-22,56,60H,6-12,14,16-20,23-55H2,1-5H3/b15-13-,22-21-. The second-order valence-electron chi connectivity index (χ2n) is 21.3. The van der Waals surface area contributed by atoms with Crippen molar-refractivity contribution in [1.82, 2.24) is 0 Å². The van der Waals surface area contributed by atoms with E-state index >= 15 is 0 Å². The molecule has 69 heavy (non-hydrogen) atoms. The Morgan fingerprint density at radius 3 is 1.12 bits per heavy atom. The third-order valence-electron chi connectivity index (χ3n) is 13.2. The van der Waals surface area contributed by atoms with Gasteiger partial charge >= 0.3 is 11.9 Å². The van der Waals surface area contributed by atoms with E-state index in [2.05, 4.69) is 38.2 Å². The van der Waals surface area contributed by atoms with E-state index in [4.69, 9.17) is 18.9 Å². The molecule has 0 aromatic rings. The first-order valence-electron chi connectivity index (χ1n) is 29.5. The number of quaternary nitrogens is 1. The molecule has 0 saturated heterocycles. The predicted molar refractivity (Wildman–Crippen MR) is 288 cm³/mol. The fraction of sp³-hybridized carbons (Fsp3) is 0.883. The molecule has 0 amide bonds. The van der Waals surface area contributed by atoms with Crippen LogP contribution in [0.15, 0.2) is 24.3 Å². The quantitative estimate of drug-likeness (QED) is 0.0195. The van der Waals surface area contributed by atoms with Crippen molar-refractivity contribution in [2.24, 2.45) is 0 Å². The topological polar surface area (TPSA) is 111 Å². The van der Waals surface area contributed by atoms with Crippen molar-refractivity contribution in [1.29, 1.82) is 0 Å². The Morgan fingerprint density at radius 2 is 0.754 bits per heavy atom. The molecule has 0 spiro atoms. The second kappa shape index (κ2) is 52.1. The zero-order valence-corrected chi connectivity index (χ0v) is 46.2.